The van der Waals surface area contributed by atoms with E-state index in [1.54, 1.807) is 19.1 Å². The van der Waals surface area contributed by atoms with Gasteiger partial charge >= 0.3 is 18.0 Å². The number of benzene rings is 1. The molecule has 1 aromatic heterocycles. The molecule has 9 nitrogen and oxygen atoms in total. The molecule has 0 saturated heterocycles. The van der Waals surface area contributed by atoms with Crippen LogP contribution in [-0.4, -0.2) is 44.3 Å². The lowest BCUT2D eigenvalue weighted by molar-refractivity contribution is -0.139. The van der Waals surface area contributed by atoms with Gasteiger partial charge in [-0.05, 0) is 19.4 Å². The van der Waals surface area contributed by atoms with Gasteiger partial charge in [0.1, 0.15) is 12.2 Å². The van der Waals surface area contributed by atoms with Crippen LogP contribution in [0, 0.1) is 0 Å². The molecule has 0 radical (unpaired) electrons. The number of hydrogen-bond donors (Lipinski definition) is 2. The van der Waals surface area contributed by atoms with E-state index < -0.39 is 24.0 Å². The Morgan fingerprint density at radius 3 is 2.57 bits per heavy atom. The zero-order chi connectivity index (χ0) is 21.7. The van der Waals surface area contributed by atoms with Crippen LogP contribution in [0.5, 0.6) is 0 Å². The lowest BCUT2D eigenvalue weighted by Gasteiger charge is -2.28. The molecular formula is C21H24N2O7. The predicted octanol–water partition coefficient (Wildman–Crippen LogP) is 2.64. The van der Waals surface area contributed by atoms with Gasteiger partial charge in [0, 0.05) is 18.1 Å². The van der Waals surface area contributed by atoms with Crippen LogP contribution in [-0.2, 0) is 25.6 Å². The monoisotopic (exact) mass is 416 g/mol. The molecule has 0 aliphatic carbocycles. The summed E-state index contributed by atoms with van der Waals surface area (Å²) >= 11 is 0. The van der Waals surface area contributed by atoms with Gasteiger partial charge in [0.25, 0.3) is 0 Å². The molecule has 2 amide bonds. The van der Waals surface area contributed by atoms with Crippen molar-refractivity contribution in [1.82, 2.24) is 10.6 Å². The molecule has 2 N–H and O–H groups in total. The van der Waals surface area contributed by atoms with Gasteiger partial charge < -0.3 is 29.3 Å². The van der Waals surface area contributed by atoms with E-state index in [4.69, 9.17) is 18.6 Å². The largest absolute Gasteiger partial charge is 0.463 e. The van der Waals surface area contributed by atoms with Crippen LogP contribution in [0.1, 0.15) is 36.4 Å². The van der Waals surface area contributed by atoms with E-state index in [0.29, 0.717) is 17.6 Å². The molecule has 0 unspecified atom stereocenters. The summed E-state index contributed by atoms with van der Waals surface area (Å²) in [5.74, 6) is -1.29. The minimum atomic E-state index is -0.727. The van der Waals surface area contributed by atoms with Gasteiger partial charge in [-0.25, -0.2) is 14.4 Å². The Morgan fingerprint density at radius 1 is 1.10 bits per heavy atom. The average molecular weight is 416 g/mol. The van der Waals surface area contributed by atoms with Crippen molar-refractivity contribution >= 4 is 28.9 Å². The van der Waals surface area contributed by atoms with Crippen LogP contribution in [0.4, 0.5) is 4.79 Å². The number of nitrogens with one attached hydrogen (secondary N) is 2. The molecule has 0 spiro atoms. The summed E-state index contributed by atoms with van der Waals surface area (Å²) in [5, 5.41) is 5.95. The number of carbonyl (C=O) groups is 3. The Morgan fingerprint density at radius 2 is 1.87 bits per heavy atom. The quantitative estimate of drug-likeness (QED) is 0.636. The molecule has 2 aromatic rings. The van der Waals surface area contributed by atoms with Gasteiger partial charge in [0.15, 0.2) is 0 Å². The Bertz CT molecular complexity index is 992. The van der Waals surface area contributed by atoms with Gasteiger partial charge in [-0.3, -0.25) is 0 Å². The zero-order valence-corrected chi connectivity index (χ0v) is 17.1. The molecule has 1 atom stereocenters. The first-order valence-corrected chi connectivity index (χ1v) is 9.64. The van der Waals surface area contributed by atoms with E-state index in [1.807, 2.05) is 19.1 Å². The zero-order valence-electron chi connectivity index (χ0n) is 17.1. The van der Waals surface area contributed by atoms with E-state index in [2.05, 4.69) is 10.6 Å². The highest BCUT2D eigenvalue weighted by molar-refractivity contribution is 5.97. The second kappa shape index (κ2) is 9.45. The standard InChI is InChI=1S/C21H24N2O7/c1-4-14-17(19(24)28-5-2)15(23-21(26)22-14)11-29-20(25)18-13(10-27-3)12-8-6-7-9-16(12)30-18/h6-9,14H,4-5,10-11H2,1-3H3,(H2,22,23,26)/t14-/m0/s1. The van der Waals surface area contributed by atoms with Crippen LogP contribution < -0.4 is 10.6 Å². The molecule has 160 valence electrons. The van der Waals surface area contributed by atoms with Gasteiger partial charge in [-0.15, -0.1) is 0 Å². The predicted molar refractivity (Wildman–Crippen MR) is 107 cm³/mol. The number of urea groups is 1. The van der Waals surface area contributed by atoms with Crippen LogP contribution in [0.15, 0.2) is 40.0 Å². The molecule has 1 aromatic carbocycles. The van der Waals surface area contributed by atoms with Gasteiger partial charge in [-0.1, -0.05) is 25.1 Å². The van der Waals surface area contributed by atoms with Gasteiger partial charge in [0.05, 0.1) is 30.5 Å². The maximum atomic E-state index is 12.7. The van der Waals surface area contributed by atoms with E-state index in [9.17, 15) is 14.4 Å². The molecule has 0 saturated carbocycles. The van der Waals surface area contributed by atoms with Crippen molar-refractivity contribution < 1.29 is 33.0 Å². The van der Waals surface area contributed by atoms with Crippen molar-refractivity contribution in [2.24, 2.45) is 0 Å². The highest BCUT2D eigenvalue weighted by atomic mass is 16.5. The number of amides is 2. The number of ether oxygens (including phenoxy) is 3. The number of hydrogen-bond acceptors (Lipinski definition) is 7. The number of furan rings is 1. The highest BCUT2D eigenvalue weighted by Crippen LogP contribution is 2.27. The van der Waals surface area contributed by atoms with Gasteiger partial charge in [-0.2, -0.15) is 0 Å². The van der Waals surface area contributed by atoms with E-state index in [-0.39, 0.29) is 36.9 Å². The first-order valence-electron chi connectivity index (χ1n) is 9.64. The Kier molecular flexibility index (Phi) is 6.73. The third-order valence-corrected chi connectivity index (χ3v) is 4.67. The van der Waals surface area contributed by atoms with Gasteiger partial charge in [0.2, 0.25) is 5.76 Å². The van der Waals surface area contributed by atoms with Crippen LogP contribution in [0.2, 0.25) is 0 Å². The molecule has 3 rings (SSSR count). The second-order valence-electron chi connectivity index (χ2n) is 6.59. The average Bonchev–Trinajstić information content (AvgIpc) is 3.10. The van der Waals surface area contributed by atoms with Crippen molar-refractivity contribution in [1.29, 1.82) is 0 Å². The summed E-state index contributed by atoms with van der Waals surface area (Å²) in [4.78, 5) is 37.1. The molecular weight excluding hydrogens is 392 g/mol. The number of fused-ring (bicyclic) bond motifs is 1. The lowest BCUT2D eigenvalue weighted by atomic mass is 10.0. The van der Waals surface area contributed by atoms with Crippen LogP contribution >= 0.6 is 0 Å². The van der Waals surface area contributed by atoms with Crippen molar-refractivity contribution in [2.75, 3.05) is 20.3 Å². The number of esters is 2. The third-order valence-electron chi connectivity index (χ3n) is 4.67. The first-order chi connectivity index (χ1) is 14.5. The van der Waals surface area contributed by atoms with E-state index >= 15 is 0 Å². The molecule has 0 bridgehead atoms. The summed E-state index contributed by atoms with van der Waals surface area (Å²) in [6.45, 7) is 3.54. The van der Waals surface area contributed by atoms with Crippen LogP contribution in [0.3, 0.4) is 0 Å². The fraction of sp³-hybridized carbons (Fsp3) is 0.381. The SMILES string of the molecule is CCOC(=O)C1=C(COC(=O)c2oc3ccccc3c2COC)NC(=O)N[C@H]1CC. The summed E-state index contributed by atoms with van der Waals surface area (Å²) in [7, 11) is 1.52. The smallest absolute Gasteiger partial charge is 0.375 e. The Labute approximate surface area is 173 Å². The van der Waals surface area contributed by atoms with E-state index in [1.165, 1.54) is 7.11 Å². The van der Waals surface area contributed by atoms with Crippen molar-refractivity contribution in [3.8, 4) is 0 Å². The van der Waals surface area contributed by atoms with E-state index in [0.717, 1.165) is 5.39 Å². The maximum absolute atomic E-state index is 12.7. The lowest BCUT2D eigenvalue weighted by Crippen LogP contribution is -2.51. The van der Waals surface area contributed by atoms with Crippen molar-refractivity contribution in [2.45, 2.75) is 32.9 Å². The number of para-hydroxylation sites is 1. The minimum absolute atomic E-state index is 0.0173. The summed E-state index contributed by atoms with van der Waals surface area (Å²) in [5.41, 5.74) is 1.51. The summed E-state index contributed by atoms with van der Waals surface area (Å²) in [6.07, 6.45) is 0.473. The van der Waals surface area contributed by atoms with Crippen molar-refractivity contribution in [3.05, 3.63) is 46.9 Å². The molecule has 30 heavy (non-hydrogen) atoms. The topological polar surface area (TPSA) is 116 Å². The maximum Gasteiger partial charge on any atom is 0.375 e. The molecule has 1 aliphatic heterocycles. The number of rotatable bonds is 8. The number of methoxy groups -OCH3 is 1. The first kappa shape index (κ1) is 21.4. The summed E-state index contributed by atoms with van der Waals surface area (Å²) in [6, 6.07) is 6.17. The Hall–Kier alpha value is -3.33. The molecule has 2 heterocycles. The summed E-state index contributed by atoms with van der Waals surface area (Å²) < 4.78 is 21.3. The molecule has 0 fully saturated rings. The minimum Gasteiger partial charge on any atom is -0.463 e. The molecule has 1 aliphatic rings. The van der Waals surface area contributed by atoms with Crippen molar-refractivity contribution in [3.63, 3.8) is 0 Å². The third kappa shape index (κ3) is 4.30. The normalized spacial score (nSPS) is 16.2. The Balaban J connectivity index is 1.88. The van der Waals surface area contributed by atoms with Crippen LogP contribution in [0.25, 0.3) is 11.0 Å². The molecule has 9 heteroatoms. The second-order valence-corrected chi connectivity index (χ2v) is 6.59. The fourth-order valence-electron chi connectivity index (χ4n) is 3.33. The fourth-order valence-corrected chi connectivity index (χ4v) is 3.33. The number of carbonyl (C=O) groups excluding carboxylic acids is 3. The highest BCUT2D eigenvalue weighted by Gasteiger charge is 2.32.